The molecule has 1 unspecified atom stereocenters. The zero-order valence-corrected chi connectivity index (χ0v) is 14.0. The van der Waals surface area contributed by atoms with E-state index in [1.807, 2.05) is 50.5 Å². The van der Waals surface area contributed by atoms with Gasteiger partial charge in [0, 0.05) is 14.1 Å². The van der Waals surface area contributed by atoms with Gasteiger partial charge in [-0.15, -0.1) is 5.11 Å². The van der Waals surface area contributed by atoms with Gasteiger partial charge in [-0.25, -0.2) is 4.79 Å². The molecule has 0 aliphatic carbocycles. The van der Waals surface area contributed by atoms with Crippen LogP contribution in [0.2, 0.25) is 0 Å². The Bertz CT molecular complexity index is 694. The van der Waals surface area contributed by atoms with Gasteiger partial charge < -0.3 is 9.84 Å². The van der Waals surface area contributed by atoms with Crippen molar-refractivity contribution < 1.29 is 14.6 Å². The van der Waals surface area contributed by atoms with E-state index in [4.69, 9.17) is 9.84 Å². The number of carbonyl (C=O) groups is 1. The predicted molar refractivity (Wildman–Crippen MR) is 91.6 cm³/mol. The maximum atomic E-state index is 10.8. The van der Waals surface area contributed by atoms with E-state index >= 15 is 0 Å². The van der Waals surface area contributed by atoms with Crippen LogP contribution in [-0.4, -0.2) is 36.3 Å². The Morgan fingerprint density at radius 2 is 1.62 bits per heavy atom. The van der Waals surface area contributed by atoms with Gasteiger partial charge in [0.15, 0.2) is 6.10 Å². The lowest BCUT2D eigenvalue weighted by atomic mass is 10.0. The van der Waals surface area contributed by atoms with E-state index < -0.39 is 12.1 Å². The number of rotatable bonds is 7. The molecule has 1 atom stereocenters. The van der Waals surface area contributed by atoms with Gasteiger partial charge in [0.1, 0.15) is 5.75 Å². The Balaban J connectivity index is 1.97. The molecule has 0 aliphatic heterocycles. The number of carboxylic acid groups (broad SMARTS) is 1. The van der Waals surface area contributed by atoms with Gasteiger partial charge in [-0.2, -0.15) is 0 Å². The molecule has 0 bridgehead atoms. The Hall–Kier alpha value is -2.89. The summed E-state index contributed by atoms with van der Waals surface area (Å²) in [5.41, 5.74) is 3.08. The predicted octanol–water partition coefficient (Wildman–Crippen LogP) is 3.69. The number of aliphatic carboxylic acids is 1. The monoisotopic (exact) mass is 327 g/mol. The molecule has 2 aromatic carbocycles. The summed E-state index contributed by atoms with van der Waals surface area (Å²) >= 11 is 0. The SMILES string of the molecule is CC(Oc1ccc(Cc2ccc(N=NN(C)C)cc2)cc1)C(=O)O. The van der Waals surface area contributed by atoms with Crippen LogP contribution in [-0.2, 0) is 11.2 Å². The van der Waals surface area contributed by atoms with Gasteiger partial charge in [-0.3, -0.25) is 5.01 Å². The number of hydrogen-bond donors (Lipinski definition) is 1. The summed E-state index contributed by atoms with van der Waals surface area (Å²) in [6, 6.07) is 15.3. The van der Waals surface area contributed by atoms with Crippen LogP contribution < -0.4 is 4.74 Å². The summed E-state index contributed by atoms with van der Waals surface area (Å²) in [7, 11) is 3.64. The van der Waals surface area contributed by atoms with Gasteiger partial charge in [-0.1, -0.05) is 29.5 Å². The molecular weight excluding hydrogens is 306 g/mol. The van der Waals surface area contributed by atoms with Crippen LogP contribution in [0.5, 0.6) is 5.75 Å². The summed E-state index contributed by atoms with van der Waals surface area (Å²) in [5.74, 6) is -0.432. The highest BCUT2D eigenvalue weighted by molar-refractivity contribution is 5.72. The molecule has 0 fully saturated rings. The first-order chi connectivity index (χ1) is 11.4. The highest BCUT2D eigenvalue weighted by atomic mass is 16.5. The Labute approximate surface area is 141 Å². The van der Waals surface area contributed by atoms with Crippen LogP contribution in [0.25, 0.3) is 0 Å². The van der Waals surface area contributed by atoms with E-state index in [2.05, 4.69) is 10.3 Å². The van der Waals surface area contributed by atoms with E-state index in [1.165, 1.54) is 6.92 Å². The first-order valence-corrected chi connectivity index (χ1v) is 7.60. The summed E-state index contributed by atoms with van der Waals surface area (Å²) in [6.45, 7) is 1.51. The van der Waals surface area contributed by atoms with Crippen LogP contribution in [0, 0.1) is 0 Å². The van der Waals surface area contributed by atoms with Gasteiger partial charge in [0.2, 0.25) is 0 Å². The molecule has 0 radical (unpaired) electrons. The molecule has 1 N–H and O–H groups in total. The van der Waals surface area contributed by atoms with Crippen molar-refractivity contribution in [2.24, 2.45) is 10.3 Å². The van der Waals surface area contributed by atoms with Gasteiger partial charge in [0.05, 0.1) is 5.69 Å². The van der Waals surface area contributed by atoms with E-state index in [9.17, 15) is 4.79 Å². The maximum Gasteiger partial charge on any atom is 0.344 e. The van der Waals surface area contributed by atoms with Gasteiger partial charge in [-0.05, 0) is 48.7 Å². The lowest BCUT2D eigenvalue weighted by molar-refractivity contribution is -0.144. The molecule has 2 rings (SSSR count). The molecule has 126 valence electrons. The first-order valence-electron chi connectivity index (χ1n) is 7.60. The van der Waals surface area contributed by atoms with E-state index in [1.54, 1.807) is 17.1 Å². The first kappa shape index (κ1) is 17.5. The highest BCUT2D eigenvalue weighted by Crippen LogP contribution is 2.19. The molecule has 24 heavy (non-hydrogen) atoms. The van der Waals surface area contributed by atoms with E-state index in [0.29, 0.717) is 5.75 Å². The maximum absolute atomic E-state index is 10.8. The van der Waals surface area contributed by atoms with Crippen LogP contribution in [0.15, 0.2) is 58.9 Å². The minimum absolute atomic E-state index is 0.549. The zero-order chi connectivity index (χ0) is 17.5. The largest absolute Gasteiger partial charge is 0.479 e. The second-order valence-corrected chi connectivity index (χ2v) is 5.62. The Morgan fingerprint density at radius 3 is 2.12 bits per heavy atom. The average Bonchev–Trinajstić information content (AvgIpc) is 2.56. The van der Waals surface area contributed by atoms with Crippen molar-refractivity contribution in [1.29, 1.82) is 0 Å². The lowest BCUT2D eigenvalue weighted by Crippen LogP contribution is -2.22. The zero-order valence-electron chi connectivity index (χ0n) is 14.0. The molecule has 6 nitrogen and oxygen atoms in total. The molecule has 2 aromatic rings. The fraction of sp³-hybridized carbons (Fsp3) is 0.278. The molecule has 0 aromatic heterocycles. The average molecular weight is 327 g/mol. The highest BCUT2D eigenvalue weighted by Gasteiger charge is 2.11. The number of nitrogens with zero attached hydrogens (tertiary/aromatic N) is 3. The van der Waals surface area contributed by atoms with Crippen LogP contribution in [0.3, 0.4) is 0 Å². The summed E-state index contributed by atoms with van der Waals surface area (Å²) < 4.78 is 5.32. The van der Waals surface area contributed by atoms with Gasteiger partial charge in [0.25, 0.3) is 0 Å². The number of hydrogen-bond acceptors (Lipinski definition) is 4. The Morgan fingerprint density at radius 1 is 1.08 bits per heavy atom. The van der Waals surface area contributed by atoms with Crippen molar-refractivity contribution in [1.82, 2.24) is 5.01 Å². The minimum Gasteiger partial charge on any atom is -0.479 e. The summed E-state index contributed by atoms with van der Waals surface area (Å²) in [4.78, 5) is 10.8. The number of ether oxygens (including phenoxy) is 1. The van der Waals surface area contributed by atoms with Crippen molar-refractivity contribution in [2.45, 2.75) is 19.4 Å². The smallest absolute Gasteiger partial charge is 0.344 e. The fourth-order valence-corrected chi connectivity index (χ4v) is 2.00. The second kappa shape index (κ2) is 8.10. The molecule has 6 heteroatoms. The van der Waals surface area contributed by atoms with Crippen molar-refractivity contribution in [3.63, 3.8) is 0 Å². The van der Waals surface area contributed by atoms with E-state index in [0.717, 1.165) is 23.2 Å². The second-order valence-electron chi connectivity index (χ2n) is 5.62. The van der Waals surface area contributed by atoms with Crippen molar-refractivity contribution in [2.75, 3.05) is 14.1 Å². The molecule has 0 heterocycles. The molecule has 0 saturated carbocycles. The van der Waals surface area contributed by atoms with Gasteiger partial charge >= 0.3 is 5.97 Å². The molecule has 0 aliphatic rings. The third-order valence-corrected chi connectivity index (χ3v) is 3.27. The Kier molecular flexibility index (Phi) is 5.89. The summed E-state index contributed by atoms with van der Waals surface area (Å²) in [5, 5.41) is 18.5. The normalized spacial score (nSPS) is 12.1. The fourth-order valence-electron chi connectivity index (χ4n) is 2.00. The minimum atomic E-state index is -0.981. The van der Waals surface area contributed by atoms with Crippen LogP contribution >= 0.6 is 0 Å². The van der Waals surface area contributed by atoms with Crippen molar-refractivity contribution in [3.8, 4) is 5.75 Å². The third-order valence-electron chi connectivity index (χ3n) is 3.27. The topological polar surface area (TPSA) is 74.5 Å². The standard InChI is InChI=1S/C18H21N3O3/c1-13(18(22)23)24-17-10-6-15(7-11-17)12-14-4-8-16(9-5-14)19-20-21(2)3/h4-11,13H,12H2,1-3H3,(H,22,23). The molecule has 0 amide bonds. The third kappa shape index (κ3) is 5.39. The van der Waals surface area contributed by atoms with E-state index in [-0.39, 0.29) is 0 Å². The van der Waals surface area contributed by atoms with Crippen LogP contribution in [0.4, 0.5) is 5.69 Å². The van der Waals surface area contributed by atoms with Crippen molar-refractivity contribution >= 4 is 11.7 Å². The number of benzene rings is 2. The molecular formula is C18H21N3O3. The molecule has 0 spiro atoms. The van der Waals surface area contributed by atoms with Crippen LogP contribution in [0.1, 0.15) is 18.1 Å². The lowest BCUT2D eigenvalue weighted by Gasteiger charge is -2.10. The van der Waals surface area contributed by atoms with Crippen molar-refractivity contribution in [3.05, 3.63) is 59.7 Å². The molecule has 0 saturated heterocycles. The quantitative estimate of drug-likeness (QED) is 0.621. The number of carboxylic acids is 1. The summed E-state index contributed by atoms with van der Waals surface area (Å²) in [6.07, 6.45) is -0.0837.